The molecule has 0 N–H and O–H groups in total. The highest BCUT2D eigenvalue weighted by atomic mass is 15.1. The van der Waals surface area contributed by atoms with Gasteiger partial charge in [0.15, 0.2) is 5.65 Å². The first-order valence-electron chi connectivity index (χ1n) is 24.7. The zero-order valence-electron chi connectivity index (χ0n) is 39.9. The summed E-state index contributed by atoms with van der Waals surface area (Å²) < 4.78 is 2.41. The molecule has 3 heterocycles. The zero-order chi connectivity index (χ0) is 48.5. The second kappa shape index (κ2) is 18.8. The van der Waals surface area contributed by atoms with E-state index in [1.165, 1.54) is 10.8 Å². The highest BCUT2D eigenvalue weighted by Gasteiger charge is 2.18. The van der Waals surface area contributed by atoms with Crippen LogP contribution in [0.4, 0.5) is 34.1 Å². The maximum atomic E-state index is 4.47. The lowest BCUT2D eigenvalue weighted by atomic mass is 9.99. The SMILES string of the molecule is c1ccc(N(c2ccccc2)c2ccc(-c3ccc4c(c3)c3cc(-c5ccc(N(c6ccccc6)c6ccccc6)cc5)ccc3n4-c3ccc(-c4ccc(-c5ccnc6ncccc56)cc4)cc3)cc2)cc1. The van der Waals surface area contributed by atoms with Crippen molar-refractivity contribution in [3.05, 3.63) is 285 Å². The highest BCUT2D eigenvalue weighted by molar-refractivity contribution is 6.12. The molecule has 344 valence electrons. The van der Waals surface area contributed by atoms with Crippen LogP contribution < -0.4 is 9.80 Å². The van der Waals surface area contributed by atoms with Crippen molar-refractivity contribution < 1.29 is 0 Å². The summed E-state index contributed by atoms with van der Waals surface area (Å²) in [5, 5.41) is 3.44. The monoisotopic (exact) mass is 933 g/mol. The number of anilines is 6. The summed E-state index contributed by atoms with van der Waals surface area (Å²) >= 11 is 0. The topological polar surface area (TPSA) is 37.2 Å². The van der Waals surface area contributed by atoms with Gasteiger partial charge in [-0.3, -0.25) is 0 Å². The van der Waals surface area contributed by atoms with Gasteiger partial charge in [-0.05, 0) is 172 Å². The summed E-state index contributed by atoms with van der Waals surface area (Å²) in [4.78, 5) is 13.5. The van der Waals surface area contributed by atoms with E-state index in [0.29, 0.717) is 0 Å². The van der Waals surface area contributed by atoms with Gasteiger partial charge in [0, 0.05) is 68.4 Å². The predicted molar refractivity (Wildman–Crippen MR) is 305 cm³/mol. The summed E-state index contributed by atoms with van der Waals surface area (Å²) in [5.41, 5.74) is 20.1. The van der Waals surface area contributed by atoms with Crippen molar-refractivity contribution in [2.24, 2.45) is 0 Å². The van der Waals surface area contributed by atoms with Gasteiger partial charge in [-0.15, -0.1) is 0 Å². The Morgan fingerprint density at radius 2 is 0.616 bits per heavy atom. The van der Waals surface area contributed by atoms with E-state index in [2.05, 4.69) is 291 Å². The van der Waals surface area contributed by atoms with Crippen LogP contribution in [-0.2, 0) is 0 Å². The number of hydrogen-bond donors (Lipinski definition) is 0. The highest BCUT2D eigenvalue weighted by Crippen LogP contribution is 2.41. The molecule has 0 aliphatic rings. The van der Waals surface area contributed by atoms with Crippen molar-refractivity contribution in [3.8, 4) is 50.2 Å². The standard InChI is InChI=1S/C68H47N5/c1-5-14-55(15-6-1)71(56-16-7-2-8-17-56)59-35-29-50(30-36-59)53-33-41-66-64(46-53)65-47-54(51-31-37-60(38-32-51)72(57-18-9-3-10-19-57)58-20-11-4-12-21-58)34-42-67(65)73(66)61-39-27-49(28-40-61)48-23-25-52(26-24-48)62-43-45-70-68-63(62)22-13-44-69-68/h1-47H. The van der Waals surface area contributed by atoms with E-state index in [1.54, 1.807) is 6.20 Å². The average molecular weight is 934 g/mol. The molecule has 73 heavy (non-hydrogen) atoms. The molecule has 0 aliphatic heterocycles. The maximum Gasteiger partial charge on any atom is 0.159 e. The molecule has 0 bridgehead atoms. The summed E-state index contributed by atoms with van der Waals surface area (Å²) in [6, 6.07) is 97.9. The molecule has 0 radical (unpaired) electrons. The fraction of sp³-hybridized carbons (Fsp3) is 0. The minimum Gasteiger partial charge on any atom is -0.311 e. The lowest BCUT2D eigenvalue weighted by Gasteiger charge is -2.25. The van der Waals surface area contributed by atoms with Gasteiger partial charge in [0.1, 0.15) is 0 Å². The molecule has 5 heteroatoms. The molecule has 0 atom stereocenters. The Morgan fingerprint density at radius 3 is 1.07 bits per heavy atom. The van der Waals surface area contributed by atoms with Gasteiger partial charge in [-0.1, -0.05) is 146 Å². The fourth-order valence-corrected chi connectivity index (χ4v) is 10.3. The predicted octanol–water partition coefficient (Wildman–Crippen LogP) is 18.3. The second-order valence-corrected chi connectivity index (χ2v) is 18.3. The molecular formula is C68H47N5. The van der Waals surface area contributed by atoms with Crippen LogP contribution in [0.5, 0.6) is 0 Å². The van der Waals surface area contributed by atoms with E-state index in [4.69, 9.17) is 0 Å². The van der Waals surface area contributed by atoms with Gasteiger partial charge in [0.05, 0.1) is 11.0 Å². The van der Waals surface area contributed by atoms with Crippen LogP contribution in [0.15, 0.2) is 285 Å². The Morgan fingerprint density at radius 1 is 0.260 bits per heavy atom. The number of benzene rings is 10. The molecule has 0 aliphatic carbocycles. The molecule has 10 aromatic carbocycles. The van der Waals surface area contributed by atoms with Crippen LogP contribution >= 0.6 is 0 Å². The minimum absolute atomic E-state index is 0.754. The van der Waals surface area contributed by atoms with Crippen molar-refractivity contribution in [2.75, 3.05) is 9.80 Å². The first-order valence-corrected chi connectivity index (χ1v) is 24.7. The van der Waals surface area contributed by atoms with Gasteiger partial charge >= 0.3 is 0 Å². The maximum absolute atomic E-state index is 4.47. The van der Waals surface area contributed by atoms with Crippen LogP contribution in [0.3, 0.4) is 0 Å². The second-order valence-electron chi connectivity index (χ2n) is 18.3. The Labute approximate surface area is 424 Å². The summed E-state index contributed by atoms with van der Waals surface area (Å²) in [6.07, 6.45) is 3.63. The molecule has 5 nitrogen and oxygen atoms in total. The van der Waals surface area contributed by atoms with E-state index < -0.39 is 0 Å². The molecule has 0 spiro atoms. The van der Waals surface area contributed by atoms with Crippen LogP contribution in [0.1, 0.15) is 0 Å². The largest absolute Gasteiger partial charge is 0.311 e. The third kappa shape index (κ3) is 8.25. The summed E-state index contributed by atoms with van der Waals surface area (Å²) in [7, 11) is 0. The minimum atomic E-state index is 0.754. The lowest BCUT2D eigenvalue weighted by Crippen LogP contribution is -2.09. The molecule has 3 aromatic heterocycles. The number of para-hydroxylation sites is 4. The Balaban J connectivity index is 0.883. The molecule has 13 aromatic rings. The quantitative estimate of drug-likeness (QED) is 0.129. The van der Waals surface area contributed by atoms with Crippen LogP contribution in [0, 0.1) is 0 Å². The van der Waals surface area contributed by atoms with Crippen molar-refractivity contribution in [2.45, 2.75) is 0 Å². The van der Waals surface area contributed by atoms with Gasteiger partial charge in [0.2, 0.25) is 0 Å². The third-order valence-corrected chi connectivity index (χ3v) is 13.9. The third-order valence-electron chi connectivity index (χ3n) is 13.9. The van der Waals surface area contributed by atoms with E-state index in [1.807, 2.05) is 12.3 Å². The smallest absolute Gasteiger partial charge is 0.159 e. The number of hydrogen-bond acceptors (Lipinski definition) is 4. The number of rotatable bonds is 11. The number of aromatic nitrogens is 3. The van der Waals surface area contributed by atoms with E-state index in [0.717, 1.165) is 106 Å². The van der Waals surface area contributed by atoms with Gasteiger partial charge < -0.3 is 14.4 Å². The fourth-order valence-electron chi connectivity index (χ4n) is 10.3. The molecular weight excluding hydrogens is 887 g/mol. The first-order chi connectivity index (χ1) is 36.2. The molecule has 0 saturated heterocycles. The normalized spacial score (nSPS) is 11.3. The number of nitrogens with zero attached hydrogens (tertiary/aromatic N) is 5. The van der Waals surface area contributed by atoms with E-state index >= 15 is 0 Å². The van der Waals surface area contributed by atoms with Crippen molar-refractivity contribution in [3.63, 3.8) is 0 Å². The van der Waals surface area contributed by atoms with Crippen LogP contribution in [0.2, 0.25) is 0 Å². The van der Waals surface area contributed by atoms with Gasteiger partial charge in [0.25, 0.3) is 0 Å². The van der Waals surface area contributed by atoms with Crippen molar-refractivity contribution in [1.29, 1.82) is 0 Å². The molecule has 0 fully saturated rings. The Bertz CT molecular complexity index is 3760. The van der Waals surface area contributed by atoms with Crippen molar-refractivity contribution >= 4 is 67.0 Å². The Kier molecular flexibility index (Phi) is 11.1. The number of pyridine rings is 2. The summed E-state index contributed by atoms with van der Waals surface area (Å²) in [6.45, 7) is 0. The molecule has 0 amide bonds. The van der Waals surface area contributed by atoms with Crippen LogP contribution in [0.25, 0.3) is 83.0 Å². The van der Waals surface area contributed by atoms with E-state index in [9.17, 15) is 0 Å². The first kappa shape index (κ1) is 43.2. The zero-order valence-corrected chi connectivity index (χ0v) is 39.9. The van der Waals surface area contributed by atoms with Crippen LogP contribution in [-0.4, -0.2) is 14.5 Å². The van der Waals surface area contributed by atoms with Gasteiger partial charge in [-0.2, -0.15) is 0 Å². The van der Waals surface area contributed by atoms with Crippen molar-refractivity contribution in [1.82, 2.24) is 14.5 Å². The molecule has 0 saturated carbocycles. The molecule has 13 rings (SSSR count). The number of fused-ring (bicyclic) bond motifs is 4. The lowest BCUT2D eigenvalue weighted by molar-refractivity contribution is 1.18. The van der Waals surface area contributed by atoms with Gasteiger partial charge in [-0.25, -0.2) is 9.97 Å². The molecule has 0 unspecified atom stereocenters. The Hall–Kier alpha value is -9.84. The average Bonchev–Trinajstić information content (AvgIpc) is 3.80. The summed E-state index contributed by atoms with van der Waals surface area (Å²) in [5.74, 6) is 0. The van der Waals surface area contributed by atoms with E-state index in [-0.39, 0.29) is 0 Å².